The summed E-state index contributed by atoms with van der Waals surface area (Å²) in [4.78, 5) is 24.9. The number of hydrogen-bond donors (Lipinski definition) is 2. The largest absolute Gasteiger partial charge is 0.444 e. The molecule has 138 valence electrons. The van der Waals surface area contributed by atoms with Crippen LogP contribution < -0.4 is 10.6 Å². The third kappa shape index (κ3) is 6.05. The normalized spacial score (nSPS) is 19.8. The number of carbonyl (C=O) groups is 2. The Morgan fingerprint density at radius 3 is 2.44 bits per heavy atom. The van der Waals surface area contributed by atoms with Gasteiger partial charge in [0.2, 0.25) is 5.91 Å². The fourth-order valence-electron chi connectivity index (χ4n) is 2.77. The van der Waals surface area contributed by atoms with Crippen LogP contribution in [0.5, 0.6) is 0 Å². The van der Waals surface area contributed by atoms with Crippen molar-refractivity contribution >= 4 is 12.0 Å². The number of benzene rings is 1. The summed E-state index contributed by atoms with van der Waals surface area (Å²) in [6.07, 6.45) is 1.32. The molecule has 0 bridgehead atoms. The average Bonchev–Trinajstić information content (AvgIpc) is 3.06. The van der Waals surface area contributed by atoms with Gasteiger partial charge in [0.15, 0.2) is 0 Å². The second-order valence-electron chi connectivity index (χ2n) is 7.34. The van der Waals surface area contributed by atoms with E-state index in [1.54, 1.807) is 32.9 Å². The number of hydrogen-bond acceptors (Lipinski definition) is 4. The first kappa shape index (κ1) is 19.2. The summed E-state index contributed by atoms with van der Waals surface area (Å²) in [5.74, 6) is -0.278. The van der Waals surface area contributed by atoms with Crippen LogP contribution in [0.2, 0.25) is 0 Å². The zero-order valence-corrected chi connectivity index (χ0v) is 15.4. The van der Waals surface area contributed by atoms with E-state index < -0.39 is 17.7 Å². The van der Waals surface area contributed by atoms with Crippen molar-refractivity contribution in [1.29, 1.82) is 0 Å². The first-order chi connectivity index (χ1) is 11.8. The Kier molecular flexibility index (Phi) is 6.42. The van der Waals surface area contributed by atoms with Crippen LogP contribution in [-0.4, -0.2) is 36.4 Å². The highest BCUT2D eigenvalue weighted by Crippen LogP contribution is 2.18. The summed E-state index contributed by atoms with van der Waals surface area (Å²) in [5.41, 5.74) is 0.0673. The second-order valence-corrected chi connectivity index (χ2v) is 7.34. The van der Waals surface area contributed by atoms with E-state index in [2.05, 4.69) is 10.6 Å². The number of alkyl carbamates (subject to hydrolysis) is 1. The van der Waals surface area contributed by atoms with E-state index in [0.29, 0.717) is 5.56 Å². The van der Waals surface area contributed by atoms with Gasteiger partial charge in [-0.25, -0.2) is 4.79 Å². The quantitative estimate of drug-likeness (QED) is 0.858. The number of ether oxygens (including phenoxy) is 2. The van der Waals surface area contributed by atoms with Crippen molar-refractivity contribution in [2.24, 2.45) is 0 Å². The van der Waals surface area contributed by atoms with E-state index in [9.17, 15) is 9.59 Å². The topological polar surface area (TPSA) is 76.7 Å². The maximum Gasteiger partial charge on any atom is 0.408 e. The van der Waals surface area contributed by atoms with Crippen LogP contribution in [0.3, 0.4) is 0 Å². The Morgan fingerprint density at radius 1 is 1.20 bits per heavy atom. The molecule has 0 radical (unpaired) electrons. The molecule has 2 rings (SSSR count). The van der Waals surface area contributed by atoms with Crippen molar-refractivity contribution in [3.63, 3.8) is 0 Å². The van der Waals surface area contributed by atoms with E-state index in [-0.39, 0.29) is 18.1 Å². The molecule has 1 fully saturated rings. The summed E-state index contributed by atoms with van der Waals surface area (Å²) in [6.45, 7) is 7.99. The summed E-state index contributed by atoms with van der Waals surface area (Å²) in [5, 5.41) is 5.63. The van der Waals surface area contributed by atoms with Crippen molar-refractivity contribution in [3.8, 4) is 0 Å². The van der Waals surface area contributed by atoms with Crippen LogP contribution in [0.25, 0.3) is 0 Å². The average molecular weight is 348 g/mol. The zero-order valence-electron chi connectivity index (χ0n) is 15.4. The van der Waals surface area contributed by atoms with Crippen LogP contribution in [0, 0.1) is 0 Å². The highest BCUT2D eigenvalue weighted by molar-refractivity contribution is 5.87. The molecule has 1 aliphatic heterocycles. The molecule has 6 nitrogen and oxygen atoms in total. The molecule has 0 saturated carbocycles. The molecule has 25 heavy (non-hydrogen) atoms. The molecular weight excluding hydrogens is 320 g/mol. The number of amides is 2. The van der Waals surface area contributed by atoms with E-state index in [1.165, 1.54) is 0 Å². The molecule has 1 saturated heterocycles. The molecule has 0 unspecified atom stereocenters. The molecule has 1 aromatic rings. The van der Waals surface area contributed by atoms with Gasteiger partial charge in [0.05, 0.1) is 12.1 Å². The Labute approximate surface area is 149 Å². The first-order valence-electron chi connectivity index (χ1n) is 8.73. The first-order valence-corrected chi connectivity index (χ1v) is 8.73. The summed E-state index contributed by atoms with van der Waals surface area (Å²) < 4.78 is 10.9. The monoisotopic (exact) mass is 348 g/mol. The van der Waals surface area contributed by atoms with Gasteiger partial charge < -0.3 is 20.1 Å². The van der Waals surface area contributed by atoms with Crippen LogP contribution in [0.15, 0.2) is 30.3 Å². The maximum atomic E-state index is 12.8. The van der Waals surface area contributed by atoms with Crippen LogP contribution in [0.4, 0.5) is 4.79 Å². The van der Waals surface area contributed by atoms with Crippen molar-refractivity contribution in [3.05, 3.63) is 35.9 Å². The predicted molar refractivity (Wildman–Crippen MR) is 95.1 cm³/mol. The van der Waals surface area contributed by atoms with Crippen molar-refractivity contribution < 1.29 is 19.1 Å². The van der Waals surface area contributed by atoms with Crippen LogP contribution >= 0.6 is 0 Å². The number of carbonyl (C=O) groups excluding carboxylic acids is 2. The second kappa shape index (κ2) is 8.34. The Hall–Kier alpha value is -2.08. The molecule has 1 aromatic carbocycles. The zero-order chi connectivity index (χ0) is 18.4. The van der Waals surface area contributed by atoms with E-state index >= 15 is 0 Å². The summed E-state index contributed by atoms with van der Waals surface area (Å²) in [6, 6.07) is 8.19. The molecule has 3 atom stereocenters. The lowest BCUT2D eigenvalue weighted by Gasteiger charge is -2.26. The highest BCUT2D eigenvalue weighted by Gasteiger charge is 2.29. The molecule has 1 heterocycles. The van der Waals surface area contributed by atoms with E-state index in [0.717, 1.165) is 19.4 Å². The number of nitrogens with one attached hydrogen (secondary N) is 2. The lowest BCUT2D eigenvalue weighted by molar-refractivity contribution is -0.124. The minimum absolute atomic E-state index is 0.0156. The van der Waals surface area contributed by atoms with Crippen molar-refractivity contribution in [1.82, 2.24) is 10.6 Å². The fourth-order valence-corrected chi connectivity index (χ4v) is 2.77. The third-order valence-electron chi connectivity index (χ3n) is 3.95. The van der Waals surface area contributed by atoms with Gasteiger partial charge in [-0.3, -0.25) is 4.79 Å². The predicted octanol–water partition coefficient (Wildman–Crippen LogP) is 2.94. The van der Waals surface area contributed by atoms with Gasteiger partial charge in [0, 0.05) is 6.61 Å². The lowest BCUT2D eigenvalue weighted by atomic mass is 10.0. The van der Waals surface area contributed by atoms with Gasteiger partial charge in [-0.2, -0.15) is 0 Å². The molecule has 0 spiro atoms. The Morgan fingerprint density at radius 2 is 1.88 bits per heavy atom. The Balaban J connectivity index is 2.08. The maximum absolute atomic E-state index is 12.8. The molecule has 2 N–H and O–H groups in total. The van der Waals surface area contributed by atoms with E-state index in [1.807, 2.05) is 25.1 Å². The summed E-state index contributed by atoms with van der Waals surface area (Å²) in [7, 11) is 0. The smallest absolute Gasteiger partial charge is 0.408 e. The van der Waals surface area contributed by atoms with Crippen molar-refractivity contribution in [2.45, 2.75) is 64.3 Å². The van der Waals surface area contributed by atoms with Gasteiger partial charge in [-0.05, 0) is 46.1 Å². The molecule has 2 amide bonds. The molecule has 1 aliphatic rings. The minimum atomic E-state index is -0.820. The minimum Gasteiger partial charge on any atom is -0.444 e. The lowest BCUT2D eigenvalue weighted by Crippen LogP contribution is -2.48. The van der Waals surface area contributed by atoms with E-state index in [4.69, 9.17) is 9.47 Å². The van der Waals surface area contributed by atoms with Gasteiger partial charge in [-0.15, -0.1) is 0 Å². The third-order valence-corrected chi connectivity index (χ3v) is 3.95. The van der Waals surface area contributed by atoms with Crippen LogP contribution in [-0.2, 0) is 14.3 Å². The Bertz CT molecular complexity index is 577. The van der Waals surface area contributed by atoms with Gasteiger partial charge in [0.25, 0.3) is 0 Å². The highest BCUT2D eigenvalue weighted by atomic mass is 16.6. The van der Waals surface area contributed by atoms with Crippen LogP contribution in [0.1, 0.15) is 52.1 Å². The standard InChI is InChI=1S/C19H28N2O4/c1-13(15-11-8-12-24-15)20-17(22)16(14-9-6-5-7-10-14)21-18(23)25-19(2,3)4/h5-7,9-10,13,15-16H,8,11-12H2,1-4H3,(H,20,22)(H,21,23)/t13-,15+,16-/m0/s1. The molecule has 0 aromatic heterocycles. The number of rotatable bonds is 5. The van der Waals surface area contributed by atoms with Crippen molar-refractivity contribution in [2.75, 3.05) is 6.61 Å². The summed E-state index contributed by atoms with van der Waals surface area (Å²) >= 11 is 0. The SMILES string of the molecule is C[C@H](NC(=O)[C@@H](NC(=O)OC(C)(C)C)c1ccccc1)[C@H]1CCCO1. The van der Waals surface area contributed by atoms with Gasteiger partial charge >= 0.3 is 6.09 Å². The fraction of sp³-hybridized carbons (Fsp3) is 0.579. The van der Waals surface area contributed by atoms with Gasteiger partial charge in [-0.1, -0.05) is 30.3 Å². The van der Waals surface area contributed by atoms with Gasteiger partial charge in [0.1, 0.15) is 11.6 Å². The molecule has 6 heteroatoms. The molecule has 0 aliphatic carbocycles. The molecular formula is C19H28N2O4.